The number of aliphatic hydroxyl groups excluding tert-OH is 1. The van der Waals surface area contributed by atoms with E-state index in [4.69, 9.17) is 11.6 Å². The van der Waals surface area contributed by atoms with Gasteiger partial charge in [-0.2, -0.15) is 0 Å². The molecule has 1 amide bonds. The standard InChI is InChI=1S/C26H28ClN3O3/c1-30(16-22-3-2-4-24(31)29-22)26(33)19-8-5-17(6-9-19)13-18-7-10-20(14-18)25(32)21-11-12-23(27)28-15-21/h2-6,8-9,11-12,15,18,20,25,32H,7,10,13-14,16H2,1H3,(H,29,31)/t18-,20-,25-/m0/s1. The molecule has 0 spiro atoms. The van der Waals surface area contributed by atoms with Gasteiger partial charge in [0.1, 0.15) is 5.15 Å². The second kappa shape index (κ2) is 10.3. The van der Waals surface area contributed by atoms with E-state index < -0.39 is 6.10 Å². The van der Waals surface area contributed by atoms with E-state index in [1.807, 2.05) is 30.3 Å². The van der Waals surface area contributed by atoms with Gasteiger partial charge in [-0.25, -0.2) is 4.98 Å². The minimum Gasteiger partial charge on any atom is -0.388 e. The van der Waals surface area contributed by atoms with Crippen molar-refractivity contribution in [2.45, 2.75) is 38.3 Å². The molecule has 172 valence electrons. The number of carbonyl (C=O) groups is 1. The van der Waals surface area contributed by atoms with Crippen LogP contribution in [-0.2, 0) is 13.0 Å². The average molecular weight is 466 g/mol. The van der Waals surface area contributed by atoms with E-state index in [0.717, 1.165) is 31.2 Å². The number of halogens is 1. The lowest BCUT2D eigenvalue weighted by Crippen LogP contribution is -2.27. The van der Waals surface area contributed by atoms with Crippen LogP contribution in [-0.4, -0.2) is 32.9 Å². The molecule has 2 aromatic heterocycles. The fourth-order valence-corrected chi connectivity index (χ4v) is 4.78. The van der Waals surface area contributed by atoms with Crippen molar-refractivity contribution in [3.63, 3.8) is 0 Å². The number of aromatic amines is 1. The number of rotatable bonds is 7. The van der Waals surface area contributed by atoms with E-state index in [1.54, 1.807) is 36.3 Å². The summed E-state index contributed by atoms with van der Waals surface area (Å²) >= 11 is 5.85. The van der Waals surface area contributed by atoms with Crippen molar-refractivity contribution in [3.05, 3.63) is 98.7 Å². The first-order chi connectivity index (χ1) is 15.9. The van der Waals surface area contributed by atoms with Gasteiger partial charge in [-0.3, -0.25) is 9.59 Å². The summed E-state index contributed by atoms with van der Waals surface area (Å²) in [7, 11) is 1.72. The number of carbonyl (C=O) groups excluding carboxylic acids is 1. The van der Waals surface area contributed by atoms with Crippen LogP contribution < -0.4 is 5.56 Å². The van der Waals surface area contributed by atoms with Crippen LogP contribution in [0.25, 0.3) is 0 Å². The molecule has 3 aromatic rings. The van der Waals surface area contributed by atoms with Crippen LogP contribution in [0, 0.1) is 11.8 Å². The highest BCUT2D eigenvalue weighted by molar-refractivity contribution is 6.29. The highest BCUT2D eigenvalue weighted by Crippen LogP contribution is 2.40. The van der Waals surface area contributed by atoms with Crippen molar-refractivity contribution < 1.29 is 9.90 Å². The fraction of sp³-hybridized carbons (Fsp3) is 0.346. The van der Waals surface area contributed by atoms with Crippen molar-refractivity contribution in [3.8, 4) is 0 Å². The van der Waals surface area contributed by atoms with E-state index in [9.17, 15) is 14.7 Å². The first-order valence-electron chi connectivity index (χ1n) is 11.2. The Morgan fingerprint density at radius 1 is 1.18 bits per heavy atom. The smallest absolute Gasteiger partial charge is 0.253 e. The topological polar surface area (TPSA) is 86.3 Å². The van der Waals surface area contributed by atoms with E-state index in [1.165, 1.54) is 11.6 Å². The summed E-state index contributed by atoms with van der Waals surface area (Å²) < 4.78 is 0. The molecule has 33 heavy (non-hydrogen) atoms. The van der Waals surface area contributed by atoms with Crippen LogP contribution >= 0.6 is 11.6 Å². The second-order valence-electron chi connectivity index (χ2n) is 8.90. The van der Waals surface area contributed by atoms with Crippen LogP contribution in [0.15, 0.2) is 65.6 Å². The number of H-pyrrole nitrogens is 1. The zero-order valence-electron chi connectivity index (χ0n) is 18.6. The molecule has 3 atom stereocenters. The summed E-state index contributed by atoms with van der Waals surface area (Å²) in [5.41, 5.74) is 3.15. The third kappa shape index (κ3) is 5.89. The molecular weight excluding hydrogens is 438 g/mol. The molecule has 0 bridgehead atoms. The van der Waals surface area contributed by atoms with Crippen molar-refractivity contribution in [2.24, 2.45) is 11.8 Å². The number of amides is 1. The number of nitrogens with zero attached hydrogens (tertiary/aromatic N) is 2. The molecular formula is C26H28ClN3O3. The molecule has 0 unspecified atom stereocenters. The quantitative estimate of drug-likeness (QED) is 0.507. The molecule has 1 fully saturated rings. The number of pyridine rings is 2. The largest absolute Gasteiger partial charge is 0.388 e. The highest BCUT2D eigenvalue weighted by Gasteiger charge is 2.31. The summed E-state index contributed by atoms with van der Waals surface area (Å²) in [5, 5.41) is 11.1. The van der Waals surface area contributed by atoms with Crippen LogP contribution in [0.2, 0.25) is 5.15 Å². The number of benzene rings is 1. The molecule has 1 aromatic carbocycles. The number of nitrogens with one attached hydrogen (secondary N) is 1. The maximum atomic E-state index is 12.8. The second-order valence-corrected chi connectivity index (χ2v) is 9.29. The predicted molar refractivity (Wildman–Crippen MR) is 128 cm³/mol. The molecule has 0 aliphatic heterocycles. The Kier molecular flexibility index (Phi) is 7.26. The molecule has 0 saturated heterocycles. The van der Waals surface area contributed by atoms with Gasteiger partial charge in [0.05, 0.1) is 12.6 Å². The summed E-state index contributed by atoms with van der Waals surface area (Å²) in [6.07, 6.45) is 5.08. The molecule has 6 nitrogen and oxygen atoms in total. The maximum absolute atomic E-state index is 12.8. The Morgan fingerprint density at radius 3 is 2.67 bits per heavy atom. The minimum absolute atomic E-state index is 0.0909. The predicted octanol–water partition coefficient (Wildman–Crippen LogP) is 4.39. The van der Waals surface area contributed by atoms with Gasteiger partial charge in [0, 0.05) is 30.6 Å². The molecule has 1 aliphatic rings. The number of hydrogen-bond donors (Lipinski definition) is 2. The van der Waals surface area contributed by atoms with Gasteiger partial charge in [-0.1, -0.05) is 35.9 Å². The van der Waals surface area contributed by atoms with E-state index >= 15 is 0 Å². The molecule has 1 saturated carbocycles. The van der Waals surface area contributed by atoms with Gasteiger partial charge < -0.3 is 15.0 Å². The maximum Gasteiger partial charge on any atom is 0.253 e. The van der Waals surface area contributed by atoms with Gasteiger partial charge in [-0.05, 0) is 72.9 Å². The lowest BCUT2D eigenvalue weighted by atomic mass is 9.92. The number of aliphatic hydroxyl groups is 1. The zero-order chi connectivity index (χ0) is 23.4. The van der Waals surface area contributed by atoms with E-state index in [-0.39, 0.29) is 17.4 Å². The van der Waals surface area contributed by atoms with Crippen molar-refractivity contribution in [1.82, 2.24) is 14.9 Å². The lowest BCUT2D eigenvalue weighted by Gasteiger charge is -2.19. The van der Waals surface area contributed by atoms with Gasteiger partial charge >= 0.3 is 0 Å². The van der Waals surface area contributed by atoms with Crippen LogP contribution in [0.1, 0.15) is 52.5 Å². The third-order valence-electron chi connectivity index (χ3n) is 6.43. The van der Waals surface area contributed by atoms with E-state index in [2.05, 4.69) is 9.97 Å². The molecule has 2 N–H and O–H groups in total. The Hall–Kier alpha value is -2.96. The summed E-state index contributed by atoms with van der Waals surface area (Å²) in [6.45, 7) is 0.339. The first kappa shape index (κ1) is 23.2. The van der Waals surface area contributed by atoms with Crippen molar-refractivity contribution in [2.75, 3.05) is 7.05 Å². The van der Waals surface area contributed by atoms with Gasteiger partial charge in [0.25, 0.3) is 5.91 Å². The number of aromatic nitrogens is 2. The lowest BCUT2D eigenvalue weighted by molar-refractivity contribution is 0.0783. The van der Waals surface area contributed by atoms with Crippen LogP contribution in [0.5, 0.6) is 0 Å². The monoisotopic (exact) mass is 465 g/mol. The number of hydrogen-bond acceptors (Lipinski definition) is 4. The first-order valence-corrected chi connectivity index (χ1v) is 11.6. The van der Waals surface area contributed by atoms with Gasteiger partial charge in [0.2, 0.25) is 5.56 Å². The highest BCUT2D eigenvalue weighted by atomic mass is 35.5. The Balaban J connectivity index is 1.31. The van der Waals surface area contributed by atoms with Crippen molar-refractivity contribution >= 4 is 17.5 Å². The average Bonchev–Trinajstić information content (AvgIpc) is 3.27. The van der Waals surface area contributed by atoms with Gasteiger partial charge in [-0.15, -0.1) is 0 Å². The zero-order valence-corrected chi connectivity index (χ0v) is 19.3. The Labute approximate surface area is 198 Å². The van der Waals surface area contributed by atoms with Gasteiger partial charge in [0.15, 0.2) is 0 Å². The molecule has 1 aliphatic carbocycles. The van der Waals surface area contributed by atoms with Crippen LogP contribution in [0.4, 0.5) is 0 Å². The molecule has 7 heteroatoms. The summed E-state index contributed by atoms with van der Waals surface area (Å²) in [4.78, 5) is 32.6. The molecule has 2 heterocycles. The normalized spacial score (nSPS) is 18.8. The summed E-state index contributed by atoms with van der Waals surface area (Å²) in [6, 6.07) is 16.2. The summed E-state index contributed by atoms with van der Waals surface area (Å²) in [5.74, 6) is 0.632. The SMILES string of the molecule is CN(Cc1cccc(=O)[nH]1)C(=O)c1ccc(C[C@@H]2CC[C@H]([C@H](O)c3ccc(Cl)nc3)C2)cc1. The minimum atomic E-state index is -0.519. The fourth-order valence-electron chi connectivity index (χ4n) is 4.67. The molecule has 0 radical (unpaired) electrons. The Bertz CT molecular complexity index is 1140. The molecule has 4 rings (SSSR count). The van der Waals surface area contributed by atoms with Crippen LogP contribution in [0.3, 0.4) is 0 Å². The van der Waals surface area contributed by atoms with E-state index in [0.29, 0.717) is 28.9 Å². The van der Waals surface area contributed by atoms with Crippen molar-refractivity contribution in [1.29, 1.82) is 0 Å². The third-order valence-corrected chi connectivity index (χ3v) is 6.65. The Morgan fingerprint density at radius 2 is 1.97 bits per heavy atom.